The highest BCUT2D eigenvalue weighted by Gasteiger charge is 2.26. The van der Waals surface area contributed by atoms with Crippen molar-refractivity contribution in [2.45, 2.75) is 38.3 Å². The van der Waals surface area contributed by atoms with E-state index >= 15 is 0 Å². The molecular formula is C12H16N2O4S. The van der Waals surface area contributed by atoms with Gasteiger partial charge < -0.3 is 8.94 Å². The van der Waals surface area contributed by atoms with Crippen molar-refractivity contribution in [2.75, 3.05) is 0 Å². The van der Waals surface area contributed by atoms with E-state index in [-0.39, 0.29) is 11.1 Å². The maximum Gasteiger partial charge on any atom is 0.274 e. The van der Waals surface area contributed by atoms with E-state index in [4.69, 9.17) is 8.94 Å². The molecule has 0 aliphatic heterocycles. The summed E-state index contributed by atoms with van der Waals surface area (Å²) in [6.07, 6.45) is 1.91. The van der Waals surface area contributed by atoms with Crippen molar-refractivity contribution in [1.29, 1.82) is 0 Å². The van der Waals surface area contributed by atoms with Crippen LogP contribution in [-0.2, 0) is 10.0 Å². The highest BCUT2D eigenvalue weighted by Crippen LogP contribution is 2.25. The Morgan fingerprint density at radius 2 is 2.16 bits per heavy atom. The van der Waals surface area contributed by atoms with Crippen LogP contribution >= 0.6 is 0 Å². The zero-order valence-corrected chi connectivity index (χ0v) is 11.8. The molecule has 6 nitrogen and oxygen atoms in total. The van der Waals surface area contributed by atoms with Gasteiger partial charge in [-0.2, -0.15) is 0 Å². The Labute approximate surface area is 111 Å². The van der Waals surface area contributed by atoms with E-state index in [1.807, 2.05) is 6.92 Å². The predicted molar refractivity (Wildman–Crippen MR) is 68.0 cm³/mol. The molecule has 1 atom stereocenters. The fraction of sp³-hybridized carbons (Fsp3) is 0.417. The molecule has 0 saturated carbocycles. The van der Waals surface area contributed by atoms with Crippen LogP contribution in [0.2, 0.25) is 0 Å². The van der Waals surface area contributed by atoms with Gasteiger partial charge in [0.2, 0.25) is 5.09 Å². The van der Waals surface area contributed by atoms with Crippen molar-refractivity contribution in [2.24, 2.45) is 0 Å². The maximum absolute atomic E-state index is 12.1. The highest BCUT2D eigenvalue weighted by atomic mass is 32.2. The summed E-state index contributed by atoms with van der Waals surface area (Å²) >= 11 is 0. The minimum atomic E-state index is -3.67. The molecule has 7 heteroatoms. The Hall–Kier alpha value is -1.60. The summed E-state index contributed by atoms with van der Waals surface area (Å²) < 4.78 is 36.9. The van der Waals surface area contributed by atoms with Crippen LogP contribution in [0.3, 0.4) is 0 Å². The SMILES string of the molecule is CC[C@H](NS(=O)(=O)c1ccco1)c1c(C)noc1C. The van der Waals surface area contributed by atoms with Crippen LogP contribution in [0, 0.1) is 13.8 Å². The van der Waals surface area contributed by atoms with Gasteiger partial charge in [-0.1, -0.05) is 12.1 Å². The summed E-state index contributed by atoms with van der Waals surface area (Å²) in [7, 11) is -3.67. The molecule has 0 radical (unpaired) electrons. The van der Waals surface area contributed by atoms with Crippen molar-refractivity contribution < 1.29 is 17.4 Å². The zero-order chi connectivity index (χ0) is 14.0. The predicted octanol–water partition coefficient (Wildman–Crippen LogP) is 2.31. The van der Waals surface area contributed by atoms with Gasteiger partial charge in [0.1, 0.15) is 5.76 Å². The average molecular weight is 284 g/mol. The van der Waals surface area contributed by atoms with Gasteiger partial charge in [0.25, 0.3) is 10.0 Å². The van der Waals surface area contributed by atoms with Gasteiger partial charge in [0.05, 0.1) is 18.0 Å². The summed E-state index contributed by atoms with van der Waals surface area (Å²) in [4.78, 5) is 0. The first-order chi connectivity index (χ1) is 8.95. The number of nitrogens with zero attached hydrogens (tertiary/aromatic N) is 1. The number of sulfonamides is 1. The van der Waals surface area contributed by atoms with E-state index in [1.165, 1.54) is 18.4 Å². The van der Waals surface area contributed by atoms with Crippen LogP contribution in [-0.4, -0.2) is 13.6 Å². The fourth-order valence-electron chi connectivity index (χ4n) is 2.00. The largest absolute Gasteiger partial charge is 0.452 e. The van der Waals surface area contributed by atoms with Gasteiger partial charge in [-0.25, -0.2) is 13.1 Å². The lowest BCUT2D eigenvalue weighted by atomic mass is 10.0. The number of furan rings is 1. The first-order valence-electron chi connectivity index (χ1n) is 5.94. The summed E-state index contributed by atoms with van der Waals surface area (Å²) in [5.74, 6) is 0.617. The van der Waals surface area contributed by atoms with E-state index in [9.17, 15) is 8.42 Å². The van der Waals surface area contributed by atoms with Crippen LogP contribution in [0.15, 0.2) is 32.4 Å². The van der Waals surface area contributed by atoms with Crippen LogP contribution in [0.25, 0.3) is 0 Å². The van der Waals surface area contributed by atoms with E-state index in [0.29, 0.717) is 17.9 Å². The smallest absolute Gasteiger partial charge is 0.274 e. The zero-order valence-electron chi connectivity index (χ0n) is 11.0. The molecule has 0 aliphatic carbocycles. The molecule has 0 aliphatic rings. The average Bonchev–Trinajstić information content (AvgIpc) is 2.98. The van der Waals surface area contributed by atoms with Crippen LogP contribution in [0.4, 0.5) is 0 Å². The van der Waals surface area contributed by atoms with Crippen molar-refractivity contribution in [3.63, 3.8) is 0 Å². The molecule has 2 aromatic rings. The van der Waals surface area contributed by atoms with Crippen molar-refractivity contribution >= 4 is 10.0 Å². The molecule has 104 valence electrons. The lowest BCUT2D eigenvalue weighted by Crippen LogP contribution is -2.28. The molecule has 0 saturated heterocycles. The van der Waals surface area contributed by atoms with Crippen LogP contribution in [0.1, 0.15) is 36.4 Å². The van der Waals surface area contributed by atoms with E-state index in [0.717, 1.165) is 5.56 Å². The normalized spacial score (nSPS) is 13.6. The highest BCUT2D eigenvalue weighted by molar-refractivity contribution is 7.89. The molecule has 0 aromatic carbocycles. The molecule has 2 heterocycles. The molecule has 2 rings (SSSR count). The number of hydrogen-bond acceptors (Lipinski definition) is 5. The van der Waals surface area contributed by atoms with E-state index < -0.39 is 10.0 Å². The number of rotatable bonds is 5. The van der Waals surface area contributed by atoms with Crippen molar-refractivity contribution in [3.8, 4) is 0 Å². The molecular weight excluding hydrogens is 268 g/mol. The number of aryl methyl sites for hydroxylation is 2. The molecule has 0 amide bonds. The van der Waals surface area contributed by atoms with E-state index in [1.54, 1.807) is 13.8 Å². The van der Waals surface area contributed by atoms with Crippen LogP contribution < -0.4 is 4.72 Å². The van der Waals surface area contributed by atoms with Gasteiger partial charge >= 0.3 is 0 Å². The van der Waals surface area contributed by atoms with Gasteiger partial charge in [-0.15, -0.1) is 0 Å². The van der Waals surface area contributed by atoms with Gasteiger partial charge in [0, 0.05) is 5.56 Å². The summed E-state index contributed by atoms with van der Waals surface area (Å²) in [6.45, 7) is 5.44. The Morgan fingerprint density at radius 1 is 1.42 bits per heavy atom. The third kappa shape index (κ3) is 2.71. The third-order valence-electron chi connectivity index (χ3n) is 2.90. The molecule has 0 unspecified atom stereocenters. The Kier molecular flexibility index (Phi) is 3.77. The molecule has 0 bridgehead atoms. The van der Waals surface area contributed by atoms with Gasteiger partial charge in [-0.3, -0.25) is 0 Å². The summed E-state index contributed by atoms with van der Waals surface area (Å²) in [5.41, 5.74) is 1.46. The quantitative estimate of drug-likeness (QED) is 0.910. The monoisotopic (exact) mass is 284 g/mol. The van der Waals surface area contributed by atoms with Crippen molar-refractivity contribution in [1.82, 2.24) is 9.88 Å². The standard InChI is InChI=1S/C12H16N2O4S/c1-4-10(12-8(2)13-18-9(12)3)14-19(15,16)11-6-5-7-17-11/h5-7,10,14H,4H2,1-3H3/t10-/m0/s1. The second-order valence-electron chi connectivity index (χ2n) is 4.25. The third-order valence-corrected chi connectivity index (χ3v) is 4.26. The molecule has 0 fully saturated rings. The maximum atomic E-state index is 12.1. The molecule has 19 heavy (non-hydrogen) atoms. The first kappa shape index (κ1) is 13.8. The lowest BCUT2D eigenvalue weighted by molar-refractivity contribution is 0.390. The second kappa shape index (κ2) is 5.18. The molecule has 0 spiro atoms. The minimum Gasteiger partial charge on any atom is -0.452 e. The Balaban J connectivity index is 2.31. The molecule has 2 aromatic heterocycles. The topological polar surface area (TPSA) is 85.3 Å². The molecule has 1 N–H and O–H groups in total. The number of hydrogen-bond donors (Lipinski definition) is 1. The van der Waals surface area contributed by atoms with Crippen molar-refractivity contribution in [3.05, 3.63) is 35.4 Å². The number of nitrogens with one attached hydrogen (secondary N) is 1. The lowest BCUT2D eigenvalue weighted by Gasteiger charge is -2.15. The summed E-state index contributed by atoms with van der Waals surface area (Å²) in [5, 5.41) is 3.75. The van der Waals surface area contributed by atoms with Gasteiger partial charge in [-0.05, 0) is 32.4 Å². The minimum absolute atomic E-state index is 0.0993. The fourth-order valence-corrected chi connectivity index (χ4v) is 3.21. The summed E-state index contributed by atoms with van der Waals surface area (Å²) in [6, 6.07) is 2.55. The number of aromatic nitrogens is 1. The Bertz CT molecular complexity index is 624. The first-order valence-corrected chi connectivity index (χ1v) is 7.42. The van der Waals surface area contributed by atoms with Crippen LogP contribution in [0.5, 0.6) is 0 Å². The Morgan fingerprint density at radius 3 is 2.63 bits per heavy atom. The van der Waals surface area contributed by atoms with Gasteiger partial charge in [0.15, 0.2) is 0 Å². The van der Waals surface area contributed by atoms with E-state index in [2.05, 4.69) is 9.88 Å². The second-order valence-corrected chi connectivity index (χ2v) is 5.90.